The minimum absolute atomic E-state index is 0.380. The number of rotatable bonds is 8. The minimum atomic E-state index is 0.380. The Morgan fingerprint density at radius 1 is 1.24 bits per heavy atom. The smallest absolute Gasteiger partial charge is 0.165 e. The second-order valence-corrected chi connectivity index (χ2v) is 5.04. The van der Waals surface area contributed by atoms with Crippen LogP contribution in [0.1, 0.15) is 58.8 Å². The van der Waals surface area contributed by atoms with Gasteiger partial charge in [-0.15, -0.1) is 5.10 Å². The zero-order chi connectivity index (χ0) is 12.7. The first-order valence-corrected chi connectivity index (χ1v) is 6.62. The highest BCUT2D eigenvalue weighted by atomic mass is 15.6. The number of nitrogens with one attached hydrogen (secondary N) is 1. The maximum absolute atomic E-state index is 4.09. The third-order valence-corrected chi connectivity index (χ3v) is 2.85. The molecule has 1 aromatic rings. The van der Waals surface area contributed by atoms with Gasteiger partial charge in [-0.2, -0.15) is 0 Å². The largest absolute Gasteiger partial charge is 0.310 e. The number of hydrogen-bond acceptors (Lipinski definition) is 4. The lowest BCUT2D eigenvalue weighted by atomic mass is 10.0. The first-order chi connectivity index (χ1) is 8.15. The molecule has 0 aliphatic heterocycles. The van der Waals surface area contributed by atoms with Crippen molar-refractivity contribution >= 4 is 0 Å². The molecule has 0 saturated carbocycles. The van der Waals surface area contributed by atoms with Crippen molar-refractivity contribution in [3.63, 3.8) is 0 Å². The van der Waals surface area contributed by atoms with Crippen LogP contribution in [-0.4, -0.2) is 26.8 Å². The van der Waals surface area contributed by atoms with Gasteiger partial charge in [0.1, 0.15) is 0 Å². The van der Waals surface area contributed by atoms with Crippen molar-refractivity contribution in [3.8, 4) is 0 Å². The fraction of sp³-hybridized carbons (Fsp3) is 0.917. The van der Waals surface area contributed by atoms with Crippen LogP contribution in [0.4, 0.5) is 0 Å². The van der Waals surface area contributed by atoms with Crippen LogP contribution in [0.25, 0.3) is 0 Å². The summed E-state index contributed by atoms with van der Waals surface area (Å²) < 4.78 is 1.95. The summed E-state index contributed by atoms with van der Waals surface area (Å²) in [6, 6.07) is 0.380. The topological polar surface area (TPSA) is 55.6 Å². The van der Waals surface area contributed by atoms with Gasteiger partial charge in [0, 0.05) is 0 Å². The lowest BCUT2D eigenvalue weighted by molar-refractivity contribution is 0.390. The monoisotopic (exact) mass is 239 g/mol. The molecule has 1 rings (SSSR count). The van der Waals surface area contributed by atoms with Crippen molar-refractivity contribution in [1.29, 1.82) is 0 Å². The standard InChI is InChI=1S/C12H25N5/c1-5-8-13-9-12-14-15-16-17(12)11(4)7-6-10(2)3/h10-11,13H,5-9H2,1-4H3. The highest BCUT2D eigenvalue weighted by Gasteiger charge is 2.12. The fourth-order valence-corrected chi connectivity index (χ4v) is 1.74. The van der Waals surface area contributed by atoms with Gasteiger partial charge >= 0.3 is 0 Å². The van der Waals surface area contributed by atoms with Gasteiger partial charge in [0.2, 0.25) is 0 Å². The number of tetrazole rings is 1. The summed E-state index contributed by atoms with van der Waals surface area (Å²) in [4.78, 5) is 0. The molecule has 0 radical (unpaired) electrons. The number of nitrogens with zero attached hydrogens (tertiary/aromatic N) is 4. The van der Waals surface area contributed by atoms with Gasteiger partial charge in [0.25, 0.3) is 0 Å². The predicted molar refractivity (Wildman–Crippen MR) is 68.6 cm³/mol. The van der Waals surface area contributed by atoms with E-state index in [2.05, 4.69) is 48.5 Å². The Labute approximate surface area is 104 Å². The maximum Gasteiger partial charge on any atom is 0.165 e. The Hall–Kier alpha value is -0.970. The highest BCUT2D eigenvalue weighted by Crippen LogP contribution is 2.16. The SMILES string of the molecule is CCCNCc1nnnn1C(C)CCC(C)C. The molecular formula is C12H25N5. The summed E-state index contributed by atoms with van der Waals surface area (Å²) in [7, 11) is 0. The molecule has 0 amide bonds. The van der Waals surface area contributed by atoms with E-state index >= 15 is 0 Å². The Morgan fingerprint density at radius 3 is 2.65 bits per heavy atom. The van der Waals surface area contributed by atoms with E-state index in [9.17, 15) is 0 Å². The Kier molecular flexibility index (Phi) is 6.11. The van der Waals surface area contributed by atoms with Gasteiger partial charge in [-0.25, -0.2) is 4.68 Å². The average Bonchev–Trinajstić information content (AvgIpc) is 2.74. The highest BCUT2D eigenvalue weighted by molar-refractivity contribution is 4.82. The van der Waals surface area contributed by atoms with E-state index in [1.165, 1.54) is 6.42 Å². The zero-order valence-electron chi connectivity index (χ0n) is 11.5. The van der Waals surface area contributed by atoms with Crippen molar-refractivity contribution in [1.82, 2.24) is 25.5 Å². The van der Waals surface area contributed by atoms with Crippen LogP contribution in [0.2, 0.25) is 0 Å². The van der Waals surface area contributed by atoms with E-state index in [4.69, 9.17) is 0 Å². The first kappa shape index (κ1) is 14.1. The summed E-state index contributed by atoms with van der Waals surface area (Å²) in [6.07, 6.45) is 3.47. The molecule has 5 nitrogen and oxygen atoms in total. The van der Waals surface area contributed by atoms with Crippen molar-refractivity contribution in [2.45, 2.75) is 59.5 Å². The molecule has 0 aliphatic rings. The van der Waals surface area contributed by atoms with E-state index in [0.717, 1.165) is 37.7 Å². The van der Waals surface area contributed by atoms with Crippen LogP contribution in [-0.2, 0) is 6.54 Å². The maximum atomic E-state index is 4.09. The average molecular weight is 239 g/mol. The van der Waals surface area contributed by atoms with Gasteiger partial charge in [-0.1, -0.05) is 20.8 Å². The molecular weight excluding hydrogens is 214 g/mol. The van der Waals surface area contributed by atoms with Crippen LogP contribution in [0.15, 0.2) is 0 Å². The normalized spacial score (nSPS) is 13.2. The predicted octanol–water partition coefficient (Wildman–Crippen LogP) is 2.17. The molecule has 1 aromatic heterocycles. The molecule has 1 unspecified atom stereocenters. The number of aromatic nitrogens is 4. The molecule has 98 valence electrons. The van der Waals surface area contributed by atoms with Crippen LogP contribution < -0.4 is 5.32 Å². The van der Waals surface area contributed by atoms with Crippen LogP contribution in [0.3, 0.4) is 0 Å². The van der Waals surface area contributed by atoms with Gasteiger partial charge in [0.15, 0.2) is 5.82 Å². The molecule has 0 aliphatic carbocycles. The molecule has 0 fully saturated rings. The molecule has 17 heavy (non-hydrogen) atoms. The molecule has 0 bridgehead atoms. The lowest BCUT2D eigenvalue weighted by Crippen LogP contribution is -2.20. The van der Waals surface area contributed by atoms with Crippen molar-refractivity contribution in [3.05, 3.63) is 5.82 Å². The number of hydrogen-bond donors (Lipinski definition) is 1. The molecule has 0 aromatic carbocycles. The van der Waals surface area contributed by atoms with E-state index in [-0.39, 0.29) is 0 Å². The van der Waals surface area contributed by atoms with E-state index < -0.39 is 0 Å². The van der Waals surface area contributed by atoms with Gasteiger partial charge in [-0.05, 0) is 49.1 Å². The summed E-state index contributed by atoms with van der Waals surface area (Å²) >= 11 is 0. The summed E-state index contributed by atoms with van der Waals surface area (Å²) in [6.45, 7) is 10.6. The fourth-order valence-electron chi connectivity index (χ4n) is 1.74. The molecule has 0 spiro atoms. The lowest BCUT2D eigenvalue weighted by Gasteiger charge is -2.14. The molecule has 5 heteroatoms. The van der Waals surface area contributed by atoms with Crippen molar-refractivity contribution in [2.24, 2.45) is 5.92 Å². The van der Waals surface area contributed by atoms with Crippen LogP contribution >= 0.6 is 0 Å². The molecule has 0 saturated heterocycles. The Morgan fingerprint density at radius 2 is 2.00 bits per heavy atom. The van der Waals surface area contributed by atoms with E-state index in [1.807, 2.05) is 4.68 Å². The quantitative estimate of drug-likeness (QED) is 0.706. The second kappa shape index (κ2) is 7.37. The van der Waals surface area contributed by atoms with Crippen molar-refractivity contribution < 1.29 is 0 Å². The summed E-state index contributed by atoms with van der Waals surface area (Å²) in [5.74, 6) is 1.67. The van der Waals surface area contributed by atoms with E-state index in [0.29, 0.717) is 6.04 Å². The summed E-state index contributed by atoms with van der Waals surface area (Å²) in [5.41, 5.74) is 0. The Bertz CT molecular complexity index is 308. The molecule has 1 atom stereocenters. The van der Waals surface area contributed by atoms with Crippen molar-refractivity contribution in [2.75, 3.05) is 6.54 Å². The molecule has 1 N–H and O–H groups in total. The summed E-state index contributed by atoms with van der Waals surface area (Å²) in [5, 5.41) is 15.3. The third kappa shape index (κ3) is 4.81. The van der Waals surface area contributed by atoms with Gasteiger partial charge in [0.05, 0.1) is 12.6 Å². The van der Waals surface area contributed by atoms with Gasteiger partial charge in [-0.3, -0.25) is 0 Å². The van der Waals surface area contributed by atoms with Crippen LogP contribution in [0, 0.1) is 5.92 Å². The first-order valence-electron chi connectivity index (χ1n) is 6.62. The van der Waals surface area contributed by atoms with Gasteiger partial charge < -0.3 is 5.32 Å². The Balaban J connectivity index is 2.48. The van der Waals surface area contributed by atoms with Crippen LogP contribution in [0.5, 0.6) is 0 Å². The zero-order valence-corrected chi connectivity index (χ0v) is 11.5. The second-order valence-electron chi connectivity index (χ2n) is 5.04. The minimum Gasteiger partial charge on any atom is -0.310 e. The molecule has 1 heterocycles. The third-order valence-electron chi connectivity index (χ3n) is 2.85. The van der Waals surface area contributed by atoms with E-state index in [1.54, 1.807) is 0 Å².